The molecule has 0 saturated heterocycles. The predicted octanol–water partition coefficient (Wildman–Crippen LogP) is 2.11. The van der Waals surface area contributed by atoms with Crippen molar-refractivity contribution in [2.24, 2.45) is 0 Å². The highest BCUT2D eigenvalue weighted by Gasteiger charge is 2.27. The Morgan fingerprint density at radius 2 is 2.39 bits per heavy atom. The van der Waals surface area contributed by atoms with E-state index in [0.29, 0.717) is 18.2 Å². The second-order valence-electron chi connectivity index (χ2n) is 5.60. The molecular formula is C15H20N4O2S2. The monoisotopic (exact) mass is 352 g/mol. The lowest BCUT2D eigenvalue weighted by Crippen LogP contribution is -2.39. The Labute approximate surface area is 142 Å². The van der Waals surface area contributed by atoms with E-state index in [1.54, 1.807) is 15.9 Å². The maximum Gasteiger partial charge on any atom is 0.343 e. The molecule has 0 bridgehead atoms. The first kappa shape index (κ1) is 16.3. The average molecular weight is 352 g/mol. The van der Waals surface area contributed by atoms with Crippen LogP contribution in [0.5, 0.6) is 0 Å². The van der Waals surface area contributed by atoms with Crippen molar-refractivity contribution in [3.8, 4) is 0 Å². The zero-order valence-corrected chi connectivity index (χ0v) is 14.9. The molecule has 1 unspecified atom stereocenters. The highest BCUT2D eigenvalue weighted by atomic mass is 32.2. The van der Waals surface area contributed by atoms with Gasteiger partial charge in [-0.05, 0) is 36.8 Å². The third-order valence-corrected chi connectivity index (χ3v) is 6.02. The summed E-state index contributed by atoms with van der Waals surface area (Å²) in [6.07, 6.45) is 1.78. The third kappa shape index (κ3) is 3.37. The molecule has 8 heteroatoms. The average Bonchev–Trinajstić information content (AvgIpc) is 3.15. The van der Waals surface area contributed by atoms with E-state index in [0.717, 1.165) is 19.4 Å². The molecule has 0 aliphatic carbocycles. The van der Waals surface area contributed by atoms with Gasteiger partial charge in [0.2, 0.25) is 5.91 Å². The van der Waals surface area contributed by atoms with Crippen molar-refractivity contribution in [2.75, 3.05) is 6.54 Å². The summed E-state index contributed by atoms with van der Waals surface area (Å²) in [5.74, 6) is 0.102. The van der Waals surface area contributed by atoms with Crippen LogP contribution in [0.4, 0.5) is 0 Å². The van der Waals surface area contributed by atoms with Crippen LogP contribution in [0.3, 0.4) is 0 Å². The van der Waals surface area contributed by atoms with Gasteiger partial charge >= 0.3 is 5.69 Å². The van der Waals surface area contributed by atoms with Crippen LogP contribution in [0.15, 0.2) is 21.4 Å². The highest BCUT2D eigenvalue weighted by Crippen LogP contribution is 2.27. The molecule has 0 radical (unpaired) electrons. The number of thiophene rings is 1. The minimum absolute atomic E-state index is 0.102. The lowest BCUT2D eigenvalue weighted by molar-refractivity contribution is -0.131. The van der Waals surface area contributed by atoms with Crippen molar-refractivity contribution in [1.82, 2.24) is 19.7 Å². The van der Waals surface area contributed by atoms with E-state index in [2.05, 4.69) is 21.6 Å². The van der Waals surface area contributed by atoms with Crippen LogP contribution in [0.25, 0.3) is 0 Å². The Balaban J connectivity index is 1.68. The summed E-state index contributed by atoms with van der Waals surface area (Å²) < 4.78 is 1.60. The Bertz CT molecular complexity index is 749. The van der Waals surface area contributed by atoms with Crippen LogP contribution in [-0.2, 0) is 24.3 Å². The number of carbonyl (C=O) groups excluding carboxylic acids is 1. The minimum atomic E-state index is -0.263. The summed E-state index contributed by atoms with van der Waals surface area (Å²) in [5, 5.41) is 8.93. The van der Waals surface area contributed by atoms with Gasteiger partial charge in [-0.2, -0.15) is 0 Å². The quantitative estimate of drug-likeness (QED) is 0.837. The summed E-state index contributed by atoms with van der Waals surface area (Å²) >= 11 is 3.11. The van der Waals surface area contributed by atoms with E-state index in [-0.39, 0.29) is 16.8 Å². The molecule has 0 aromatic carbocycles. The number of thioether (sulfide) groups is 1. The van der Waals surface area contributed by atoms with E-state index >= 15 is 0 Å². The topological polar surface area (TPSA) is 71.0 Å². The first-order valence-corrected chi connectivity index (χ1v) is 9.52. The molecule has 3 rings (SSSR count). The van der Waals surface area contributed by atoms with Gasteiger partial charge in [-0.3, -0.25) is 9.36 Å². The number of carbonyl (C=O) groups is 1. The second-order valence-corrected chi connectivity index (χ2v) is 7.91. The number of hydrogen-bond donors (Lipinski definition) is 1. The molecule has 1 aliphatic heterocycles. The van der Waals surface area contributed by atoms with Crippen molar-refractivity contribution < 1.29 is 4.79 Å². The molecule has 6 nitrogen and oxygen atoms in total. The maximum atomic E-state index is 12.7. The van der Waals surface area contributed by atoms with E-state index in [9.17, 15) is 9.59 Å². The lowest BCUT2D eigenvalue weighted by atomic mass is 10.1. The van der Waals surface area contributed by atoms with Crippen LogP contribution in [0.1, 0.15) is 30.7 Å². The zero-order valence-electron chi connectivity index (χ0n) is 13.2. The summed E-state index contributed by atoms with van der Waals surface area (Å²) in [7, 11) is 0. The number of amides is 1. The molecule has 23 heavy (non-hydrogen) atoms. The number of H-pyrrole nitrogens is 1. The van der Waals surface area contributed by atoms with Gasteiger partial charge in [-0.1, -0.05) is 18.7 Å². The molecule has 2 aromatic rings. The summed E-state index contributed by atoms with van der Waals surface area (Å²) in [5.41, 5.74) is 1.05. The van der Waals surface area contributed by atoms with Gasteiger partial charge in [-0.15, -0.1) is 16.4 Å². The molecule has 1 amide bonds. The van der Waals surface area contributed by atoms with Gasteiger partial charge in [0.05, 0.1) is 5.25 Å². The Morgan fingerprint density at radius 3 is 3.17 bits per heavy atom. The molecule has 0 spiro atoms. The van der Waals surface area contributed by atoms with Gasteiger partial charge < -0.3 is 4.90 Å². The SMILES string of the molecule is CCCn1c(SC(C)C(=O)N2CCc3sccc3C2)n[nH]c1=O. The van der Waals surface area contributed by atoms with Crippen molar-refractivity contribution in [3.63, 3.8) is 0 Å². The van der Waals surface area contributed by atoms with E-state index in [4.69, 9.17) is 0 Å². The van der Waals surface area contributed by atoms with Crippen molar-refractivity contribution in [2.45, 2.75) is 50.2 Å². The summed E-state index contributed by atoms with van der Waals surface area (Å²) in [6, 6.07) is 2.10. The molecule has 1 N–H and O–H groups in total. The Morgan fingerprint density at radius 1 is 1.57 bits per heavy atom. The number of nitrogens with zero attached hydrogens (tertiary/aromatic N) is 3. The molecule has 3 heterocycles. The van der Waals surface area contributed by atoms with Crippen molar-refractivity contribution in [3.05, 3.63) is 32.4 Å². The van der Waals surface area contributed by atoms with E-state index in [1.807, 2.05) is 18.7 Å². The van der Waals surface area contributed by atoms with Gasteiger partial charge in [-0.25, -0.2) is 9.89 Å². The number of fused-ring (bicyclic) bond motifs is 1. The largest absolute Gasteiger partial charge is 0.343 e. The minimum Gasteiger partial charge on any atom is -0.337 e. The van der Waals surface area contributed by atoms with E-state index in [1.165, 1.54) is 22.2 Å². The van der Waals surface area contributed by atoms with Crippen LogP contribution in [0.2, 0.25) is 0 Å². The van der Waals surface area contributed by atoms with Crippen LogP contribution < -0.4 is 5.69 Å². The normalized spacial score (nSPS) is 15.5. The van der Waals surface area contributed by atoms with Crippen molar-refractivity contribution in [1.29, 1.82) is 0 Å². The number of rotatable bonds is 5. The van der Waals surface area contributed by atoms with Gasteiger partial charge in [0.1, 0.15) is 0 Å². The molecule has 0 fully saturated rings. The maximum absolute atomic E-state index is 12.7. The smallest absolute Gasteiger partial charge is 0.337 e. The molecule has 124 valence electrons. The fraction of sp³-hybridized carbons (Fsp3) is 0.533. The molecular weight excluding hydrogens is 332 g/mol. The summed E-state index contributed by atoms with van der Waals surface area (Å²) in [6.45, 7) is 5.95. The van der Waals surface area contributed by atoms with E-state index < -0.39 is 0 Å². The fourth-order valence-electron chi connectivity index (χ4n) is 2.72. The number of aromatic nitrogens is 3. The number of nitrogens with one attached hydrogen (secondary N) is 1. The predicted molar refractivity (Wildman–Crippen MR) is 91.9 cm³/mol. The molecule has 0 saturated carbocycles. The molecule has 1 atom stereocenters. The molecule has 1 aliphatic rings. The number of hydrogen-bond acceptors (Lipinski definition) is 5. The first-order valence-electron chi connectivity index (χ1n) is 7.76. The van der Waals surface area contributed by atoms with Gasteiger partial charge in [0, 0.05) is 24.5 Å². The lowest BCUT2D eigenvalue weighted by Gasteiger charge is -2.29. The van der Waals surface area contributed by atoms with Crippen LogP contribution in [0, 0.1) is 0 Å². The Kier molecular flexibility index (Phi) is 4.91. The Hall–Kier alpha value is -1.54. The van der Waals surface area contributed by atoms with Crippen molar-refractivity contribution >= 4 is 29.0 Å². The third-order valence-electron chi connectivity index (χ3n) is 3.92. The number of aromatic amines is 1. The van der Waals surface area contributed by atoms with Gasteiger partial charge in [0.25, 0.3) is 0 Å². The molecule has 2 aromatic heterocycles. The van der Waals surface area contributed by atoms with Gasteiger partial charge in [0.15, 0.2) is 5.16 Å². The summed E-state index contributed by atoms with van der Waals surface area (Å²) in [4.78, 5) is 27.7. The zero-order chi connectivity index (χ0) is 16.4. The highest BCUT2D eigenvalue weighted by molar-refractivity contribution is 8.00. The van der Waals surface area contributed by atoms with Crippen LogP contribution >= 0.6 is 23.1 Å². The second kappa shape index (κ2) is 6.92. The standard InChI is InChI=1S/C15H20N4O2S2/c1-3-6-19-14(21)16-17-15(19)23-10(2)13(20)18-7-4-12-11(9-18)5-8-22-12/h5,8,10H,3-4,6-7,9H2,1-2H3,(H,16,21). The first-order chi connectivity index (χ1) is 11.1. The van der Waals surface area contributed by atoms with Crippen LogP contribution in [-0.4, -0.2) is 37.4 Å². The fourth-order valence-corrected chi connectivity index (χ4v) is 4.57.